The summed E-state index contributed by atoms with van der Waals surface area (Å²) < 4.78 is 33.3. The van der Waals surface area contributed by atoms with E-state index in [9.17, 15) is 22.6 Å². The van der Waals surface area contributed by atoms with Gasteiger partial charge in [0.05, 0.1) is 22.5 Å². The number of halogens is 1. The summed E-state index contributed by atoms with van der Waals surface area (Å²) >= 11 is 5.99. The first kappa shape index (κ1) is 19.1. The number of ketones is 2. The molecule has 0 heterocycles. The van der Waals surface area contributed by atoms with E-state index < -0.39 is 32.3 Å². The number of fused-ring (bicyclic) bond motifs is 2. The number of carbonyl (C=O) groups is 2. The molecule has 0 atom stereocenters. The standard InChI is InChI=1S/C20H13ClN2O5S/c21-10-6-7-12-13(8-10)20(25)16-14(23-11-4-2-1-3-5-11)9-15(29(26,27)28)18(22)17(16)19(12)24/h1-9,23H,22H2,(H,26,27,28). The van der Waals surface area contributed by atoms with Crippen LogP contribution in [-0.4, -0.2) is 24.5 Å². The van der Waals surface area contributed by atoms with E-state index in [0.29, 0.717) is 5.69 Å². The van der Waals surface area contributed by atoms with Crippen LogP contribution in [0.1, 0.15) is 31.8 Å². The SMILES string of the molecule is Nc1c(S(=O)(=O)O)cc(Nc2ccccc2)c2c1C(=O)c1ccc(Cl)cc1C2=O. The number of nitrogens with one attached hydrogen (secondary N) is 1. The van der Waals surface area contributed by atoms with Crippen LogP contribution in [0.2, 0.25) is 5.02 Å². The maximum absolute atomic E-state index is 13.2. The number of benzene rings is 3. The number of hydrogen-bond donors (Lipinski definition) is 3. The number of nitrogens with two attached hydrogens (primary N) is 1. The third kappa shape index (κ3) is 3.17. The van der Waals surface area contributed by atoms with E-state index in [2.05, 4.69) is 5.32 Å². The van der Waals surface area contributed by atoms with E-state index in [1.165, 1.54) is 18.2 Å². The monoisotopic (exact) mass is 428 g/mol. The van der Waals surface area contributed by atoms with Crippen LogP contribution in [0.3, 0.4) is 0 Å². The van der Waals surface area contributed by atoms with Crippen molar-refractivity contribution >= 4 is 50.3 Å². The predicted molar refractivity (Wildman–Crippen MR) is 109 cm³/mol. The van der Waals surface area contributed by atoms with Gasteiger partial charge in [-0.25, -0.2) is 0 Å². The molecule has 146 valence electrons. The summed E-state index contributed by atoms with van der Waals surface area (Å²) in [5.41, 5.74) is 5.78. The molecule has 0 radical (unpaired) electrons. The molecule has 0 spiro atoms. The molecule has 9 heteroatoms. The first-order chi connectivity index (χ1) is 13.7. The molecule has 0 saturated heterocycles. The second-order valence-corrected chi connectivity index (χ2v) is 8.23. The van der Waals surface area contributed by atoms with Crippen LogP contribution < -0.4 is 11.1 Å². The third-order valence-corrected chi connectivity index (χ3v) is 5.71. The van der Waals surface area contributed by atoms with Gasteiger partial charge in [-0.2, -0.15) is 8.42 Å². The molecule has 0 amide bonds. The van der Waals surface area contributed by atoms with E-state index in [4.69, 9.17) is 17.3 Å². The van der Waals surface area contributed by atoms with Crippen molar-refractivity contribution in [1.29, 1.82) is 0 Å². The third-order valence-electron chi connectivity index (χ3n) is 4.59. The Balaban J connectivity index is 2.05. The molecule has 0 aliphatic heterocycles. The predicted octanol–water partition coefficient (Wildman–Crippen LogP) is 3.69. The molecule has 1 aliphatic carbocycles. The lowest BCUT2D eigenvalue weighted by atomic mass is 9.82. The van der Waals surface area contributed by atoms with Crippen LogP contribution in [0.5, 0.6) is 0 Å². The molecular formula is C20H13ClN2O5S. The summed E-state index contributed by atoms with van der Waals surface area (Å²) in [7, 11) is -4.76. The largest absolute Gasteiger partial charge is 0.397 e. The average Bonchev–Trinajstić information content (AvgIpc) is 2.67. The van der Waals surface area contributed by atoms with Crippen molar-refractivity contribution in [2.24, 2.45) is 0 Å². The van der Waals surface area contributed by atoms with Crippen LogP contribution in [0.4, 0.5) is 17.1 Å². The lowest BCUT2D eigenvalue weighted by Gasteiger charge is -2.23. The maximum atomic E-state index is 13.2. The molecule has 0 saturated carbocycles. The molecule has 3 aromatic carbocycles. The number of anilines is 3. The zero-order valence-electron chi connectivity index (χ0n) is 14.6. The first-order valence-electron chi connectivity index (χ1n) is 8.33. The summed E-state index contributed by atoms with van der Waals surface area (Å²) in [5.74, 6) is -1.17. The smallest absolute Gasteiger partial charge is 0.296 e. The fourth-order valence-corrected chi connectivity index (χ4v) is 4.12. The average molecular weight is 429 g/mol. The van der Waals surface area contributed by atoms with E-state index in [0.717, 1.165) is 6.07 Å². The Bertz CT molecular complexity index is 1300. The van der Waals surface area contributed by atoms with Crippen LogP contribution >= 0.6 is 11.6 Å². The molecule has 0 unspecified atom stereocenters. The Morgan fingerprint density at radius 2 is 1.55 bits per heavy atom. The fourth-order valence-electron chi connectivity index (χ4n) is 3.31. The van der Waals surface area contributed by atoms with Crippen LogP contribution in [0.15, 0.2) is 59.5 Å². The molecule has 7 nitrogen and oxygen atoms in total. The lowest BCUT2D eigenvalue weighted by Crippen LogP contribution is -2.25. The van der Waals surface area contributed by atoms with Crippen molar-refractivity contribution in [1.82, 2.24) is 0 Å². The first-order valence-corrected chi connectivity index (χ1v) is 10.2. The minimum absolute atomic E-state index is 0.0250. The minimum Gasteiger partial charge on any atom is -0.397 e. The molecule has 4 rings (SSSR count). The van der Waals surface area contributed by atoms with Gasteiger partial charge in [0, 0.05) is 21.8 Å². The number of rotatable bonds is 3. The van der Waals surface area contributed by atoms with E-state index >= 15 is 0 Å². The summed E-state index contributed by atoms with van der Waals surface area (Å²) in [6.45, 7) is 0. The van der Waals surface area contributed by atoms with Gasteiger partial charge in [-0.3, -0.25) is 14.1 Å². The Hall–Kier alpha value is -3.20. The highest BCUT2D eigenvalue weighted by atomic mass is 35.5. The van der Waals surface area contributed by atoms with Crippen molar-refractivity contribution in [3.05, 3.63) is 81.9 Å². The van der Waals surface area contributed by atoms with E-state index in [1.807, 2.05) is 0 Å². The summed E-state index contributed by atoms with van der Waals surface area (Å²) in [5, 5.41) is 3.20. The topological polar surface area (TPSA) is 127 Å². The maximum Gasteiger partial charge on any atom is 0.296 e. The molecule has 0 fully saturated rings. The van der Waals surface area contributed by atoms with Gasteiger partial charge in [-0.15, -0.1) is 0 Å². The fraction of sp³-hybridized carbons (Fsp3) is 0. The van der Waals surface area contributed by atoms with Gasteiger partial charge in [-0.05, 0) is 36.4 Å². The Kier molecular flexibility index (Phi) is 4.42. The van der Waals surface area contributed by atoms with E-state index in [1.54, 1.807) is 30.3 Å². The van der Waals surface area contributed by atoms with Gasteiger partial charge < -0.3 is 11.1 Å². The van der Waals surface area contributed by atoms with Crippen molar-refractivity contribution in [3.63, 3.8) is 0 Å². The Labute approximate surface area is 170 Å². The Morgan fingerprint density at radius 1 is 0.897 bits per heavy atom. The van der Waals surface area contributed by atoms with Crippen molar-refractivity contribution in [2.45, 2.75) is 4.90 Å². The van der Waals surface area contributed by atoms with Gasteiger partial charge in [0.2, 0.25) is 0 Å². The summed E-state index contributed by atoms with van der Waals surface area (Å²) in [6, 6.07) is 13.9. The van der Waals surface area contributed by atoms with E-state index in [-0.39, 0.29) is 33.0 Å². The summed E-state index contributed by atoms with van der Waals surface area (Å²) in [6.07, 6.45) is 0. The van der Waals surface area contributed by atoms with Crippen LogP contribution in [0.25, 0.3) is 0 Å². The van der Waals surface area contributed by atoms with Gasteiger partial charge in [-0.1, -0.05) is 29.8 Å². The molecular weight excluding hydrogens is 416 g/mol. The molecule has 0 bridgehead atoms. The number of carbonyl (C=O) groups excluding carboxylic acids is 2. The number of nitrogen functional groups attached to an aromatic ring is 1. The van der Waals surface area contributed by atoms with Crippen LogP contribution in [0, 0.1) is 0 Å². The van der Waals surface area contributed by atoms with Gasteiger partial charge in [0.25, 0.3) is 10.1 Å². The Morgan fingerprint density at radius 3 is 2.21 bits per heavy atom. The van der Waals surface area contributed by atoms with Gasteiger partial charge in [0.1, 0.15) is 4.90 Å². The zero-order valence-corrected chi connectivity index (χ0v) is 16.2. The van der Waals surface area contributed by atoms with Crippen molar-refractivity contribution in [3.8, 4) is 0 Å². The van der Waals surface area contributed by atoms with Crippen molar-refractivity contribution < 1.29 is 22.6 Å². The van der Waals surface area contributed by atoms with Crippen molar-refractivity contribution in [2.75, 3.05) is 11.1 Å². The lowest BCUT2D eigenvalue weighted by molar-refractivity contribution is 0.0980. The minimum atomic E-state index is -4.76. The second kappa shape index (κ2) is 6.70. The quantitative estimate of drug-likeness (QED) is 0.335. The number of hydrogen-bond acceptors (Lipinski definition) is 6. The zero-order chi connectivity index (χ0) is 20.9. The second-order valence-electron chi connectivity index (χ2n) is 6.40. The van der Waals surface area contributed by atoms with Crippen LogP contribution in [-0.2, 0) is 10.1 Å². The highest BCUT2D eigenvalue weighted by Crippen LogP contribution is 2.40. The molecule has 3 aromatic rings. The van der Waals surface area contributed by atoms with Gasteiger partial charge in [0.15, 0.2) is 11.6 Å². The summed E-state index contributed by atoms with van der Waals surface area (Å²) in [4.78, 5) is 25.6. The molecule has 4 N–H and O–H groups in total. The highest BCUT2D eigenvalue weighted by Gasteiger charge is 2.36. The highest BCUT2D eigenvalue weighted by molar-refractivity contribution is 7.86. The molecule has 29 heavy (non-hydrogen) atoms. The normalized spacial score (nSPS) is 13.0. The number of para-hydroxylation sites is 1. The molecule has 1 aliphatic rings. The molecule has 0 aromatic heterocycles. The van der Waals surface area contributed by atoms with Gasteiger partial charge >= 0.3 is 0 Å².